The van der Waals surface area contributed by atoms with Gasteiger partial charge in [0.1, 0.15) is 5.54 Å². The van der Waals surface area contributed by atoms with E-state index in [1.54, 1.807) is 6.92 Å². The van der Waals surface area contributed by atoms with Crippen molar-refractivity contribution in [3.8, 4) is 0 Å². The zero-order valence-corrected chi connectivity index (χ0v) is 13.6. The van der Waals surface area contributed by atoms with Crippen LogP contribution in [-0.2, 0) is 4.79 Å². The Morgan fingerprint density at radius 3 is 2.55 bits per heavy atom. The van der Waals surface area contributed by atoms with Gasteiger partial charge in [0.05, 0.1) is 0 Å². The van der Waals surface area contributed by atoms with Crippen LogP contribution in [0.1, 0.15) is 33.6 Å². The van der Waals surface area contributed by atoms with Gasteiger partial charge in [0.25, 0.3) is 0 Å². The Labute approximate surface area is 123 Å². The zero-order chi connectivity index (χ0) is 15.3. The molecule has 0 spiro atoms. The molecule has 0 aliphatic carbocycles. The highest BCUT2D eigenvalue weighted by atomic mass is 16.4. The van der Waals surface area contributed by atoms with Crippen LogP contribution in [0.4, 0.5) is 0 Å². The molecule has 1 rings (SSSR count). The molecule has 20 heavy (non-hydrogen) atoms. The molecule has 0 bridgehead atoms. The van der Waals surface area contributed by atoms with E-state index in [0.717, 1.165) is 26.1 Å². The smallest absolute Gasteiger partial charge is 0.323 e. The summed E-state index contributed by atoms with van der Waals surface area (Å²) >= 11 is 0. The molecule has 3 atom stereocenters. The summed E-state index contributed by atoms with van der Waals surface area (Å²) in [7, 11) is 4.27. The van der Waals surface area contributed by atoms with Crippen LogP contribution < -0.4 is 5.32 Å². The molecular formula is C15H31N3O2. The molecule has 0 aromatic rings. The van der Waals surface area contributed by atoms with Crippen LogP contribution in [0.3, 0.4) is 0 Å². The SMILES string of the molecule is CCNC(C)(CCCN1CC(C)C(N(C)C)C1)C(=O)O. The zero-order valence-electron chi connectivity index (χ0n) is 13.6. The first-order valence-electron chi connectivity index (χ1n) is 7.67. The maximum absolute atomic E-state index is 11.3. The number of carboxylic acid groups (broad SMARTS) is 1. The van der Waals surface area contributed by atoms with E-state index in [0.29, 0.717) is 24.9 Å². The summed E-state index contributed by atoms with van der Waals surface area (Å²) in [6.45, 7) is 9.92. The van der Waals surface area contributed by atoms with Crippen LogP contribution >= 0.6 is 0 Å². The van der Waals surface area contributed by atoms with Crippen LogP contribution in [0.15, 0.2) is 0 Å². The summed E-state index contributed by atoms with van der Waals surface area (Å²) in [5, 5.41) is 12.4. The third-order valence-electron chi connectivity index (χ3n) is 4.50. The molecule has 0 amide bonds. The van der Waals surface area contributed by atoms with Crippen molar-refractivity contribution in [3.63, 3.8) is 0 Å². The van der Waals surface area contributed by atoms with Crippen molar-refractivity contribution in [2.24, 2.45) is 5.92 Å². The van der Waals surface area contributed by atoms with E-state index in [1.165, 1.54) is 0 Å². The fraction of sp³-hybridized carbons (Fsp3) is 0.933. The minimum atomic E-state index is -0.791. The van der Waals surface area contributed by atoms with E-state index < -0.39 is 11.5 Å². The number of carboxylic acids is 1. The lowest BCUT2D eigenvalue weighted by Gasteiger charge is -2.27. The van der Waals surface area contributed by atoms with Gasteiger partial charge in [-0.3, -0.25) is 4.79 Å². The Balaban J connectivity index is 2.39. The molecule has 2 N–H and O–H groups in total. The van der Waals surface area contributed by atoms with Gasteiger partial charge < -0.3 is 20.2 Å². The molecule has 5 nitrogen and oxygen atoms in total. The third kappa shape index (κ3) is 4.43. The highest BCUT2D eigenvalue weighted by Crippen LogP contribution is 2.21. The normalized spacial score (nSPS) is 26.9. The van der Waals surface area contributed by atoms with Crippen molar-refractivity contribution in [2.45, 2.75) is 45.2 Å². The quantitative estimate of drug-likeness (QED) is 0.699. The molecule has 0 saturated carbocycles. The van der Waals surface area contributed by atoms with Crippen LogP contribution in [0.25, 0.3) is 0 Å². The standard InChI is InChI=1S/C15H31N3O2/c1-6-16-15(3,14(19)20)8-7-9-18-10-12(2)13(11-18)17(4)5/h12-13,16H,6-11H2,1-5H3,(H,19,20). The molecule has 1 heterocycles. The van der Waals surface area contributed by atoms with Crippen molar-refractivity contribution in [2.75, 3.05) is 40.3 Å². The maximum Gasteiger partial charge on any atom is 0.323 e. The summed E-state index contributed by atoms with van der Waals surface area (Å²) < 4.78 is 0. The number of likely N-dealkylation sites (tertiary alicyclic amines) is 1. The molecule has 0 aromatic carbocycles. The summed E-state index contributed by atoms with van der Waals surface area (Å²) in [4.78, 5) is 16.1. The van der Waals surface area contributed by atoms with E-state index >= 15 is 0 Å². The lowest BCUT2D eigenvalue weighted by Crippen LogP contribution is -2.49. The molecular weight excluding hydrogens is 254 g/mol. The second kappa shape index (κ2) is 7.38. The second-order valence-corrected chi connectivity index (χ2v) is 6.54. The number of nitrogens with one attached hydrogen (secondary N) is 1. The van der Waals surface area contributed by atoms with Crippen molar-refractivity contribution in [3.05, 3.63) is 0 Å². The van der Waals surface area contributed by atoms with Crippen molar-refractivity contribution >= 4 is 5.97 Å². The summed E-state index contributed by atoms with van der Waals surface area (Å²) in [5.74, 6) is -0.0649. The van der Waals surface area contributed by atoms with Gasteiger partial charge in [-0.1, -0.05) is 13.8 Å². The molecule has 1 saturated heterocycles. The molecule has 118 valence electrons. The highest BCUT2D eigenvalue weighted by molar-refractivity contribution is 5.78. The first-order valence-corrected chi connectivity index (χ1v) is 7.67. The topological polar surface area (TPSA) is 55.8 Å². The van der Waals surface area contributed by atoms with E-state index in [1.807, 2.05) is 6.92 Å². The van der Waals surface area contributed by atoms with E-state index in [2.05, 4.69) is 36.1 Å². The number of likely N-dealkylation sites (N-methyl/N-ethyl adjacent to an activating group) is 2. The molecule has 1 aliphatic heterocycles. The molecule has 0 aromatic heterocycles. The van der Waals surface area contributed by atoms with Gasteiger partial charge in [-0.2, -0.15) is 0 Å². The van der Waals surface area contributed by atoms with Crippen LogP contribution in [0.5, 0.6) is 0 Å². The first-order chi connectivity index (χ1) is 9.30. The first kappa shape index (κ1) is 17.4. The molecule has 5 heteroatoms. The third-order valence-corrected chi connectivity index (χ3v) is 4.50. The predicted molar refractivity (Wildman–Crippen MR) is 82.0 cm³/mol. The number of hydrogen-bond acceptors (Lipinski definition) is 4. The second-order valence-electron chi connectivity index (χ2n) is 6.54. The van der Waals surface area contributed by atoms with Gasteiger partial charge in [-0.15, -0.1) is 0 Å². The summed E-state index contributed by atoms with van der Waals surface area (Å²) in [6.07, 6.45) is 1.59. The highest BCUT2D eigenvalue weighted by Gasteiger charge is 2.33. The van der Waals surface area contributed by atoms with E-state index in [4.69, 9.17) is 0 Å². The Hall–Kier alpha value is -0.650. The van der Waals surface area contributed by atoms with Crippen LogP contribution in [0, 0.1) is 5.92 Å². The Morgan fingerprint density at radius 1 is 1.45 bits per heavy atom. The molecule has 1 fully saturated rings. The minimum absolute atomic E-state index is 0.620. The van der Waals surface area contributed by atoms with Gasteiger partial charge in [0, 0.05) is 19.1 Å². The van der Waals surface area contributed by atoms with Gasteiger partial charge in [0.15, 0.2) is 0 Å². The molecule has 0 radical (unpaired) electrons. The van der Waals surface area contributed by atoms with E-state index in [9.17, 15) is 9.90 Å². The number of aliphatic carboxylic acids is 1. The molecule has 1 aliphatic rings. The van der Waals surface area contributed by atoms with E-state index in [-0.39, 0.29) is 0 Å². The average molecular weight is 285 g/mol. The largest absolute Gasteiger partial charge is 0.480 e. The van der Waals surface area contributed by atoms with Gasteiger partial charge in [-0.05, 0) is 52.9 Å². The van der Waals surface area contributed by atoms with Crippen LogP contribution in [0.2, 0.25) is 0 Å². The predicted octanol–water partition coefficient (Wildman–Crippen LogP) is 1.10. The fourth-order valence-corrected chi connectivity index (χ4v) is 3.22. The number of carbonyl (C=O) groups is 1. The summed E-state index contributed by atoms with van der Waals surface area (Å²) in [5.41, 5.74) is -0.791. The Morgan fingerprint density at radius 2 is 2.10 bits per heavy atom. The number of rotatable bonds is 8. The fourth-order valence-electron chi connectivity index (χ4n) is 3.22. The lowest BCUT2D eigenvalue weighted by atomic mass is 9.96. The van der Waals surface area contributed by atoms with Gasteiger partial charge in [-0.25, -0.2) is 0 Å². The Bertz CT molecular complexity index is 322. The minimum Gasteiger partial charge on any atom is -0.480 e. The average Bonchev–Trinajstić information content (AvgIpc) is 2.70. The van der Waals surface area contributed by atoms with Crippen molar-refractivity contribution in [1.29, 1.82) is 0 Å². The molecule has 3 unspecified atom stereocenters. The number of nitrogens with zero attached hydrogens (tertiary/aromatic N) is 2. The van der Waals surface area contributed by atoms with Gasteiger partial charge >= 0.3 is 5.97 Å². The number of hydrogen-bond donors (Lipinski definition) is 2. The summed E-state index contributed by atoms with van der Waals surface area (Å²) in [6, 6.07) is 0.620. The monoisotopic (exact) mass is 285 g/mol. The van der Waals surface area contributed by atoms with Crippen molar-refractivity contribution in [1.82, 2.24) is 15.1 Å². The maximum atomic E-state index is 11.3. The van der Waals surface area contributed by atoms with Gasteiger partial charge in [0.2, 0.25) is 0 Å². The van der Waals surface area contributed by atoms with Crippen molar-refractivity contribution < 1.29 is 9.90 Å². The lowest BCUT2D eigenvalue weighted by molar-refractivity contribution is -0.144. The Kier molecular flexibility index (Phi) is 6.43. The van der Waals surface area contributed by atoms with Crippen LogP contribution in [-0.4, -0.2) is 72.7 Å².